The molecular weight excluding hydrogens is 312 g/mol. The average molecular weight is 334 g/mol. The number of nitrogens with zero attached hydrogens (tertiary/aromatic N) is 3. The summed E-state index contributed by atoms with van der Waals surface area (Å²) < 4.78 is 1.80. The minimum Gasteiger partial charge on any atom is -0.321 e. The van der Waals surface area contributed by atoms with Gasteiger partial charge >= 0.3 is 0 Å². The van der Waals surface area contributed by atoms with Gasteiger partial charge in [0.15, 0.2) is 0 Å². The number of benzene rings is 2. The molecule has 5 heteroatoms. The summed E-state index contributed by atoms with van der Waals surface area (Å²) in [6, 6.07) is 15.9. The summed E-state index contributed by atoms with van der Waals surface area (Å²) in [5.41, 5.74) is 6.70. The molecule has 128 valence electrons. The molecule has 0 aliphatic carbocycles. The van der Waals surface area contributed by atoms with Crippen LogP contribution in [-0.2, 0) is 16.8 Å². The van der Waals surface area contributed by atoms with Gasteiger partial charge in [-0.25, -0.2) is 10.4 Å². The molecule has 0 bridgehead atoms. The minimum atomic E-state index is -0.189. The Morgan fingerprint density at radius 2 is 1.88 bits per heavy atom. The summed E-state index contributed by atoms with van der Waals surface area (Å²) in [6.07, 6.45) is 3.32. The molecule has 2 aromatic carbocycles. The summed E-state index contributed by atoms with van der Waals surface area (Å²) in [4.78, 5) is 16.3. The Morgan fingerprint density at radius 1 is 1.16 bits per heavy atom. The monoisotopic (exact) mass is 334 g/mol. The van der Waals surface area contributed by atoms with Crippen molar-refractivity contribution in [2.75, 3.05) is 0 Å². The number of hydrogen-bond donors (Lipinski definition) is 1. The van der Waals surface area contributed by atoms with E-state index in [1.807, 2.05) is 36.4 Å². The van der Waals surface area contributed by atoms with E-state index in [0.717, 1.165) is 16.6 Å². The van der Waals surface area contributed by atoms with Crippen LogP contribution in [0.2, 0.25) is 0 Å². The van der Waals surface area contributed by atoms with Crippen LogP contribution in [0.25, 0.3) is 11.0 Å². The van der Waals surface area contributed by atoms with E-state index in [1.54, 1.807) is 17.1 Å². The largest absolute Gasteiger partial charge is 0.321 e. The van der Waals surface area contributed by atoms with Gasteiger partial charge in [0.25, 0.3) is 5.91 Å². The smallest absolute Gasteiger partial charge is 0.260 e. The molecule has 0 fully saturated rings. The molecule has 3 aromatic rings. The van der Waals surface area contributed by atoms with E-state index < -0.39 is 0 Å². The molecule has 5 nitrogen and oxygen atoms in total. The number of carbonyl (C=O) groups is 1. The maximum atomic E-state index is 12.1. The number of aromatic nitrogens is 2. The van der Waals surface area contributed by atoms with Crippen LogP contribution in [0.3, 0.4) is 0 Å². The third kappa shape index (κ3) is 4.12. The van der Waals surface area contributed by atoms with Gasteiger partial charge in [-0.15, -0.1) is 0 Å². The molecule has 0 atom stereocenters. The standard InChI is InChI=1S/C20H22N4O/c1-20(2,3)16-10-8-15(9-11-16)12-22-23-19(25)13-24-14-21-17-6-4-5-7-18(17)24/h4-12,14H,13H2,1-3H3,(H,23,25). The van der Waals surface area contributed by atoms with E-state index in [0.29, 0.717) is 0 Å². The van der Waals surface area contributed by atoms with Crippen molar-refractivity contribution in [3.8, 4) is 0 Å². The minimum absolute atomic E-state index is 0.122. The first kappa shape index (κ1) is 16.9. The van der Waals surface area contributed by atoms with Gasteiger partial charge in [-0.2, -0.15) is 5.10 Å². The molecule has 0 aliphatic rings. The second-order valence-electron chi connectivity index (χ2n) is 7.03. The van der Waals surface area contributed by atoms with Crippen molar-refractivity contribution in [3.63, 3.8) is 0 Å². The van der Waals surface area contributed by atoms with Crippen LogP contribution in [0.15, 0.2) is 60.0 Å². The Hall–Kier alpha value is -2.95. The zero-order valence-corrected chi connectivity index (χ0v) is 14.7. The van der Waals surface area contributed by atoms with Crippen molar-refractivity contribution in [1.82, 2.24) is 15.0 Å². The molecule has 1 heterocycles. The predicted molar refractivity (Wildman–Crippen MR) is 101 cm³/mol. The summed E-state index contributed by atoms with van der Waals surface area (Å²) in [5, 5.41) is 4.04. The molecule has 1 aromatic heterocycles. The highest BCUT2D eigenvalue weighted by atomic mass is 16.2. The van der Waals surface area contributed by atoms with Crippen LogP contribution in [0.1, 0.15) is 31.9 Å². The summed E-state index contributed by atoms with van der Waals surface area (Å²) in [7, 11) is 0. The lowest BCUT2D eigenvalue weighted by Crippen LogP contribution is -2.22. The molecule has 0 aliphatic heterocycles. The van der Waals surface area contributed by atoms with Crippen molar-refractivity contribution >= 4 is 23.2 Å². The first-order chi connectivity index (χ1) is 11.9. The zero-order valence-electron chi connectivity index (χ0n) is 14.7. The quantitative estimate of drug-likeness (QED) is 0.586. The summed E-state index contributed by atoms with van der Waals surface area (Å²) in [6.45, 7) is 6.71. The van der Waals surface area contributed by atoms with E-state index >= 15 is 0 Å². The number of carbonyl (C=O) groups excluding carboxylic acids is 1. The highest BCUT2D eigenvalue weighted by molar-refractivity contribution is 5.83. The molecule has 0 saturated carbocycles. The lowest BCUT2D eigenvalue weighted by molar-refractivity contribution is -0.121. The molecule has 0 radical (unpaired) electrons. The normalized spacial score (nSPS) is 12.0. The molecule has 0 saturated heterocycles. The number of amides is 1. The molecular formula is C20H22N4O. The maximum absolute atomic E-state index is 12.1. The topological polar surface area (TPSA) is 59.3 Å². The summed E-state index contributed by atoms with van der Waals surface area (Å²) in [5.74, 6) is -0.189. The molecule has 0 spiro atoms. The Balaban J connectivity index is 1.59. The number of hydrogen-bond acceptors (Lipinski definition) is 3. The van der Waals surface area contributed by atoms with E-state index in [9.17, 15) is 4.79 Å². The first-order valence-electron chi connectivity index (χ1n) is 8.26. The third-order valence-corrected chi connectivity index (χ3v) is 4.02. The first-order valence-corrected chi connectivity index (χ1v) is 8.26. The van der Waals surface area contributed by atoms with Crippen LogP contribution in [0.4, 0.5) is 0 Å². The van der Waals surface area contributed by atoms with Gasteiger partial charge < -0.3 is 4.57 Å². The van der Waals surface area contributed by atoms with Crippen molar-refractivity contribution < 1.29 is 4.79 Å². The Morgan fingerprint density at radius 3 is 2.60 bits per heavy atom. The molecule has 1 N–H and O–H groups in total. The van der Waals surface area contributed by atoms with Gasteiger partial charge in [-0.1, -0.05) is 57.2 Å². The van der Waals surface area contributed by atoms with Gasteiger partial charge in [0, 0.05) is 0 Å². The van der Waals surface area contributed by atoms with E-state index in [2.05, 4.69) is 48.4 Å². The van der Waals surface area contributed by atoms with Crippen LogP contribution in [0, 0.1) is 0 Å². The van der Waals surface area contributed by atoms with Crippen molar-refractivity contribution in [1.29, 1.82) is 0 Å². The third-order valence-electron chi connectivity index (χ3n) is 4.02. The Kier molecular flexibility index (Phi) is 4.65. The van der Waals surface area contributed by atoms with E-state index in [-0.39, 0.29) is 17.9 Å². The van der Waals surface area contributed by atoms with E-state index in [4.69, 9.17) is 0 Å². The zero-order chi connectivity index (χ0) is 17.9. The van der Waals surface area contributed by atoms with Gasteiger partial charge in [0.1, 0.15) is 6.54 Å². The van der Waals surface area contributed by atoms with Crippen molar-refractivity contribution in [2.45, 2.75) is 32.7 Å². The molecule has 0 unspecified atom stereocenters. The van der Waals surface area contributed by atoms with Gasteiger partial charge in [0.05, 0.1) is 23.6 Å². The van der Waals surface area contributed by atoms with Gasteiger partial charge in [-0.3, -0.25) is 4.79 Å². The summed E-state index contributed by atoms with van der Waals surface area (Å²) >= 11 is 0. The fraction of sp³-hybridized carbons (Fsp3) is 0.250. The number of rotatable bonds is 4. The van der Waals surface area contributed by atoms with Crippen molar-refractivity contribution in [2.24, 2.45) is 5.10 Å². The van der Waals surface area contributed by atoms with Crippen LogP contribution >= 0.6 is 0 Å². The predicted octanol–water partition coefficient (Wildman–Crippen LogP) is 3.48. The number of nitrogens with one attached hydrogen (secondary N) is 1. The second kappa shape index (κ2) is 6.89. The van der Waals surface area contributed by atoms with E-state index in [1.165, 1.54) is 5.56 Å². The SMILES string of the molecule is CC(C)(C)c1ccc(C=NNC(=O)Cn2cnc3ccccc32)cc1. The van der Waals surface area contributed by atoms with Crippen molar-refractivity contribution in [3.05, 3.63) is 66.0 Å². The second-order valence-corrected chi connectivity index (χ2v) is 7.03. The molecule has 3 rings (SSSR count). The number of para-hydroxylation sites is 2. The fourth-order valence-corrected chi connectivity index (χ4v) is 2.57. The number of hydrazone groups is 1. The van der Waals surface area contributed by atoms with Crippen LogP contribution in [-0.4, -0.2) is 21.7 Å². The molecule has 25 heavy (non-hydrogen) atoms. The average Bonchev–Trinajstić information content (AvgIpc) is 2.98. The lowest BCUT2D eigenvalue weighted by atomic mass is 9.87. The lowest BCUT2D eigenvalue weighted by Gasteiger charge is -2.18. The fourth-order valence-electron chi connectivity index (χ4n) is 2.57. The maximum Gasteiger partial charge on any atom is 0.260 e. The van der Waals surface area contributed by atoms with Crippen LogP contribution in [0.5, 0.6) is 0 Å². The van der Waals surface area contributed by atoms with Gasteiger partial charge in [-0.05, 0) is 28.7 Å². The van der Waals surface area contributed by atoms with Crippen LogP contribution < -0.4 is 5.43 Å². The highest BCUT2D eigenvalue weighted by Gasteiger charge is 2.12. The van der Waals surface area contributed by atoms with Gasteiger partial charge in [0.2, 0.25) is 0 Å². The molecule has 1 amide bonds. The Labute approximate surface area is 147 Å². The number of imidazole rings is 1. The Bertz CT molecular complexity index is 901. The number of fused-ring (bicyclic) bond motifs is 1. The highest BCUT2D eigenvalue weighted by Crippen LogP contribution is 2.21.